The van der Waals surface area contributed by atoms with E-state index in [1.807, 2.05) is 24.5 Å². The molecule has 0 radical (unpaired) electrons. The van der Waals surface area contributed by atoms with E-state index in [0.29, 0.717) is 5.82 Å². The summed E-state index contributed by atoms with van der Waals surface area (Å²) in [4.78, 5) is 15.5. The molecule has 0 spiro atoms. The van der Waals surface area contributed by atoms with Crippen molar-refractivity contribution in [2.24, 2.45) is 0 Å². The van der Waals surface area contributed by atoms with Crippen molar-refractivity contribution in [3.8, 4) is 50.7 Å². The van der Waals surface area contributed by atoms with Crippen molar-refractivity contribution in [3.63, 3.8) is 0 Å². The van der Waals surface area contributed by atoms with Gasteiger partial charge in [0.25, 0.3) is 0 Å². The highest BCUT2D eigenvalue weighted by Gasteiger charge is 2.40. The minimum absolute atomic E-state index is 0.387. The summed E-state index contributed by atoms with van der Waals surface area (Å²) in [6.07, 6.45) is 3.71. The first-order chi connectivity index (χ1) is 30.0. The molecule has 5 nitrogen and oxygen atoms in total. The number of rotatable bonds is 4. The van der Waals surface area contributed by atoms with Crippen molar-refractivity contribution in [2.75, 3.05) is 0 Å². The molecule has 0 unspecified atom stereocenters. The third-order valence-electron chi connectivity index (χ3n) is 13.1. The Morgan fingerprint density at radius 2 is 1.16 bits per heavy atom. The number of hydrogen-bond acceptors (Lipinski definition) is 4. The van der Waals surface area contributed by atoms with Gasteiger partial charge in [0, 0.05) is 67.0 Å². The lowest BCUT2D eigenvalue weighted by atomic mass is 9.80. The smallest absolute Gasteiger partial charge is 0.161 e. The van der Waals surface area contributed by atoms with Crippen molar-refractivity contribution < 1.29 is 4.42 Å². The van der Waals surface area contributed by atoms with Crippen LogP contribution in [0.5, 0.6) is 0 Å². The molecule has 286 valence electrons. The molecule has 61 heavy (non-hydrogen) atoms. The van der Waals surface area contributed by atoms with Gasteiger partial charge in [-0.25, -0.2) is 9.97 Å². The van der Waals surface area contributed by atoms with Crippen LogP contribution in [0.3, 0.4) is 0 Å². The van der Waals surface area contributed by atoms with Crippen LogP contribution >= 0.6 is 0 Å². The molecule has 0 amide bonds. The van der Waals surface area contributed by atoms with Gasteiger partial charge in [-0.3, -0.25) is 4.98 Å². The zero-order valence-corrected chi connectivity index (χ0v) is 33.5. The quantitative estimate of drug-likeness (QED) is 0.178. The fraction of sp³-hybridized carbons (Fsp3) is 0.0536. The van der Waals surface area contributed by atoms with Crippen LogP contribution in [-0.2, 0) is 5.41 Å². The summed E-state index contributed by atoms with van der Waals surface area (Å²) in [5, 5.41) is 9.33. The second-order valence-electron chi connectivity index (χ2n) is 16.8. The van der Waals surface area contributed by atoms with Gasteiger partial charge in [-0.2, -0.15) is 0 Å². The molecule has 1 aliphatic rings. The van der Waals surface area contributed by atoms with Gasteiger partial charge < -0.3 is 8.98 Å². The number of aromatic nitrogens is 4. The fourth-order valence-electron chi connectivity index (χ4n) is 10.2. The Kier molecular flexibility index (Phi) is 7.00. The van der Waals surface area contributed by atoms with E-state index in [2.05, 4.69) is 181 Å². The number of nitrogens with zero attached hydrogens (tertiary/aromatic N) is 4. The summed E-state index contributed by atoms with van der Waals surface area (Å²) in [6, 6.07) is 61.0. The zero-order chi connectivity index (χ0) is 40.4. The Bertz CT molecular complexity index is 3800. The van der Waals surface area contributed by atoms with Gasteiger partial charge >= 0.3 is 0 Å². The Balaban J connectivity index is 1.07. The molecule has 0 fully saturated rings. The first-order valence-corrected chi connectivity index (χ1v) is 20.8. The highest BCUT2D eigenvalue weighted by Crippen LogP contribution is 2.53. The van der Waals surface area contributed by atoms with E-state index in [9.17, 15) is 0 Å². The summed E-state index contributed by atoms with van der Waals surface area (Å²) in [5.41, 5.74) is 14.5. The molecule has 12 aromatic rings. The van der Waals surface area contributed by atoms with Crippen molar-refractivity contribution in [1.29, 1.82) is 0 Å². The topological polar surface area (TPSA) is 56.7 Å². The van der Waals surface area contributed by atoms with Crippen LogP contribution in [0, 0.1) is 0 Å². The Hall–Kier alpha value is -7.89. The molecule has 0 atom stereocenters. The molecule has 0 N–H and O–H groups in total. The molecule has 0 bridgehead atoms. The maximum absolute atomic E-state index is 6.30. The fourth-order valence-corrected chi connectivity index (χ4v) is 10.2. The molecular weight excluding hydrogens is 745 g/mol. The minimum Gasteiger partial charge on any atom is -0.456 e. The van der Waals surface area contributed by atoms with Gasteiger partial charge in [-0.05, 0) is 99.6 Å². The first kappa shape index (κ1) is 34.0. The van der Waals surface area contributed by atoms with E-state index < -0.39 is 0 Å². The molecular formula is C56H36N4O. The molecule has 0 saturated heterocycles. The second-order valence-corrected chi connectivity index (χ2v) is 16.8. The molecule has 8 aromatic carbocycles. The summed E-state index contributed by atoms with van der Waals surface area (Å²) < 4.78 is 8.73. The maximum atomic E-state index is 6.30. The highest BCUT2D eigenvalue weighted by atomic mass is 16.3. The van der Waals surface area contributed by atoms with E-state index in [0.717, 1.165) is 83.2 Å². The average Bonchev–Trinajstić information content (AvgIpc) is 3.92. The molecule has 1 aliphatic carbocycles. The normalized spacial score (nSPS) is 13.2. The van der Waals surface area contributed by atoms with E-state index >= 15 is 0 Å². The van der Waals surface area contributed by atoms with Crippen LogP contribution < -0.4 is 0 Å². The third-order valence-corrected chi connectivity index (χ3v) is 13.1. The largest absolute Gasteiger partial charge is 0.456 e. The van der Waals surface area contributed by atoms with Crippen LogP contribution in [0.1, 0.15) is 25.0 Å². The summed E-state index contributed by atoms with van der Waals surface area (Å²) in [5.74, 6) is 0.698. The lowest BCUT2D eigenvalue weighted by Crippen LogP contribution is -2.17. The number of pyridine rings is 1. The monoisotopic (exact) mass is 780 g/mol. The Labute approximate surface area is 351 Å². The van der Waals surface area contributed by atoms with Gasteiger partial charge in [0.05, 0.1) is 28.1 Å². The van der Waals surface area contributed by atoms with E-state index in [-0.39, 0.29) is 5.41 Å². The molecule has 4 aromatic heterocycles. The van der Waals surface area contributed by atoms with Crippen molar-refractivity contribution in [1.82, 2.24) is 19.5 Å². The molecule has 0 saturated carbocycles. The van der Waals surface area contributed by atoms with Crippen molar-refractivity contribution >= 4 is 65.3 Å². The lowest BCUT2D eigenvalue weighted by Gasteiger charge is -2.24. The van der Waals surface area contributed by atoms with Crippen LogP contribution in [0.4, 0.5) is 0 Å². The number of fused-ring (bicyclic) bond motifs is 11. The SMILES string of the molecule is CC1(C)c2cc(-c3ccncc3)ccc2-c2nc(-c3cccc4c(-n5c6ccccc6c6cc7ccccc7cc65)cccc34)nc(-c3ccc4oc5ccccc5c4c3)c21. The van der Waals surface area contributed by atoms with Gasteiger partial charge in [0.1, 0.15) is 11.2 Å². The molecule has 13 rings (SSSR count). The zero-order valence-electron chi connectivity index (χ0n) is 33.5. The minimum atomic E-state index is -0.387. The summed E-state index contributed by atoms with van der Waals surface area (Å²) in [6.45, 7) is 4.62. The average molecular weight is 781 g/mol. The highest BCUT2D eigenvalue weighted by molar-refractivity contribution is 6.15. The van der Waals surface area contributed by atoms with E-state index in [1.54, 1.807) is 0 Å². The first-order valence-electron chi connectivity index (χ1n) is 20.8. The second kappa shape index (κ2) is 12.6. The van der Waals surface area contributed by atoms with Gasteiger partial charge in [-0.15, -0.1) is 0 Å². The number of hydrogen-bond donors (Lipinski definition) is 0. The van der Waals surface area contributed by atoms with Crippen LogP contribution in [-0.4, -0.2) is 19.5 Å². The maximum Gasteiger partial charge on any atom is 0.161 e. The Morgan fingerprint density at radius 3 is 2.05 bits per heavy atom. The van der Waals surface area contributed by atoms with Crippen LogP contribution in [0.15, 0.2) is 187 Å². The van der Waals surface area contributed by atoms with E-state index in [1.165, 1.54) is 38.1 Å². The van der Waals surface area contributed by atoms with Gasteiger partial charge in [0.15, 0.2) is 5.82 Å². The van der Waals surface area contributed by atoms with Crippen molar-refractivity contribution in [3.05, 3.63) is 193 Å². The predicted molar refractivity (Wildman–Crippen MR) is 250 cm³/mol. The van der Waals surface area contributed by atoms with Crippen LogP contribution in [0.25, 0.3) is 116 Å². The predicted octanol–water partition coefficient (Wildman–Crippen LogP) is 14.5. The summed E-state index contributed by atoms with van der Waals surface area (Å²) in [7, 11) is 0. The summed E-state index contributed by atoms with van der Waals surface area (Å²) >= 11 is 0. The van der Waals surface area contributed by atoms with E-state index in [4.69, 9.17) is 14.4 Å². The lowest BCUT2D eigenvalue weighted by molar-refractivity contribution is 0.658. The molecule has 0 aliphatic heterocycles. The number of furan rings is 1. The van der Waals surface area contributed by atoms with Gasteiger partial charge in [-0.1, -0.05) is 117 Å². The van der Waals surface area contributed by atoms with Crippen LogP contribution in [0.2, 0.25) is 0 Å². The number of para-hydroxylation sites is 2. The standard InChI is InChI=1S/C56H36N4O/c1-56(2)46-31-36(33-25-27-57-28-26-33)21-23-43(46)54-52(56)53(37-22-24-51-45(30-37)41-14-6-8-20-50(41)61-51)58-55(59-54)42-17-9-16-39-38(42)15-10-19-48(39)60-47-18-7-5-13-40(47)44-29-34-11-3-4-12-35(34)32-49(44)60/h3-32H,1-2H3. The third kappa shape index (κ3) is 4.92. The number of benzene rings is 8. The molecule has 4 heterocycles. The Morgan fingerprint density at radius 1 is 0.459 bits per heavy atom. The van der Waals surface area contributed by atoms with Crippen molar-refractivity contribution in [2.45, 2.75) is 19.3 Å². The molecule has 5 heteroatoms. The van der Waals surface area contributed by atoms with Gasteiger partial charge in [0.2, 0.25) is 0 Å².